The van der Waals surface area contributed by atoms with Crippen molar-refractivity contribution in [3.05, 3.63) is 112 Å². The molecule has 0 radical (unpaired) electrons. The summed E-state index contributed by atoms with van der Waals surface area (Å²) in [7, 11) is 1.61. The summed E-state index contributed by atoms with van der Waals surface area (Å²) in [5, 5.41) is 12.1. The maximum atomic E-state index is 13.2. The largest absolute Gasteiger partial charge is 0.497 e. The molecular weight excluding hydrogens is 492 g/mol. The van der Waals surface area contributed by atoms with E-state index < -0.39 is 17.6 Å². The normalized spacial score (nSPS) is 12.0. The van der Waals surface area contributed by atoms with Gasteiger partial charge in [-0.25, -0.2) is 4.68 Å². The van der Waals surface area contributed by atoms with E-state index >= 15 is 0 Å². The Morgan fingerprint density at radius 2 is 1.82 bits per heavy atom. The van der Waals surface area contributed by atoms with E-state index in [1.54, 1.807) is 24.9 Å². The second-order valence-corrected chi connectivity index (χ2v) is 9.42. The topological polar surface area (TPSA) is 112 Å². The maximum Gasteiger partial charge on any atom is 0.284 e. The average Bonchev–Trinajstić information content (AvgIpc) is 3.21. The predicted molar refractivity (Wildman–Crippen MR) is 151 cm³/mol. The maximum absolute atomic E-state index is 13.2. The number of nitrogens with zero attached hydrogens (tertiary/aromatic N) is 3. The molecule has 1 atom stereocenters. The summed E-state index contributed by atoms with van der Waals surface area (Å²) < 4.78 is 8.62. The fourth-order valence-corrected chi connectivity index (χ4v) is 5.04. The Hall–Kier alpha value is -4.69. The molecule has 0 aliphatic carbocycles. The van der Waals surface area contributed by atoms with Crippen LogP contribution in [0.3, 0.4) is 0 Å². The van der Waals surface area contributed by atoms with Crippen LogP contribution in [0.5, 0.6) is 5.75 Å². The van der Waals surface area contributed by atoms with E-state index in [1.165, 1.54) is 4.68 Å². The molecule has 0 saturated heterocycles. The molecule has 5 rings (SSSR count). The van der Waals surface area contributed by atoms with Gasteiger partial charge in [0, 0.05) is 24.2 Å². The number of methoxy groups -OCH3 is 1. The van der Waals surface area contributed by atoms with E-state index in [0.29, 0.717) is 23.7 Å². The van der Waals surface area contributed by atoms with Gasteiger partial charge in [-0.1, -0.05) is 43.3 Å². The number of carbonyl (C=O) groups excluding carboxylic acids is 1. The summed E-state index contributed by atoms with van der Waals surface area (Å²) in [4.78, 5) is 29.6. The number of aliphatic hydroxyl groups is 1. The smallest absolute Gasteiger partial charge is 0.284 e. The molecule has 1 unspecified atom stereocenters. The lowest BCUT2D eigenvalue weighted by atomic mass is 9.96. The lowest BCUT2D eigenvalue weighted by molar-refractivity contribution is 0.0998. The molecule has 3 N–H and O–H groups in total. The first kappa shape index (κ1) is 25.9. The minimum atomic E-state index is -0.838. The van der Waals surface area contributed by atoms with E-state index in [0.717, 1.165) is 39.6 Å². The number of benzene rings is 3. The molecule has 0 aliphatic rings. The number of amides is 1. The van der Waals surface area contributed by atoms with E-state index in [-0.39, 0.29) is 5.56 Å². The zero-order valence-electron chi connectivity index (χ0n) is 22.1. The van der Waals surface area contributed by atoms with Gasteiger partial charge in [-0.3, -0.25) is 19.3 Å². The van der Waals surface area contributed by atoms with Crippen molar-refractivity contribution >= 4 is 16.8 Å². The van der Waals surface area contributed by atoms with Gasteiger partial charge in [0.05, 0.1) is 24.0 Å². The molecule has 0 fully saturated rings. The molecule has 8 nitrogen and oxygen atoms in total. The third kappa shape index (κ3) is 4.70. The average molecular weight is 523 g/mol. The molecule has 0 saturated carbocycles. The highest BCUT2D eigenvalue weighted by molar-refractivity contribution is 5.93. The zero-order chi connectivity index (χ0) is 27.7. The van der Waals surface area contributed by atoms with Gasteiger partial charge in [0.15, 0.2) is 0 Å². The van der Waals surface area contributed by atoms with Crippen molar-refractivity contribution < 1.29 is 14.6 Å². The molecular formula is C31H30N4O4. The van der Waals surface area contributed by atoms with Gasteiger partial charge in [0.25, 0.3) is 11.5 Å². The van der Waals surface area contributed by atoms with Crippen LogP contribution in [-0.4, -0.2) is 32.5 Å². The van der Waals surface area contributed by atoms with Crippen molar-refractivity contribution in [2.45, 2.75) is 32.9 Å². The minimum Gasteiger partial charge on any atom is -0.497 e. The summed E-state index contributed by atoms with van der Waals surface area (Å²) in [5.74, 6) is -0.0222. The van der Waals surface area contributed by atoms with Crippen LogP contribution in [-0.2, 0) is 6.54 Å². The van der Waals surface area contributed by atoms with Crippen LogP contribution in [0.1, 0.15) is 46.6 Å². The van der Waals surface area contributed by atoms with Crippen LogP contribution in [0.4, 0.5) is 0 Å². The van der Waals surface area contributed by atoms with E-state index in [4.69, 9.17) is 10.5 Å². The lowest BCUT2D eigenvalue weighted by Gasteiger charge is -2.16. The lowest BCUT2D eigenvalue weighted by Crippen LogP contribution is -2.26. The number of rotatable bonds is 8. The van der Waals surface area contributed by atoms with Crippen LogP contribution < -0.4 is 16.0 Å². The van der Waals surface area contributed by atoms with E-state index in [9.17, 15) is 14.7 Å². The second-order valence-electron chi connectivity index (χ2n) is 9.42. The Balaban J connectivity index is 1.49. The predicted octanol–water partition coefficient (Wildman–Crippen LogP) is 4.76. The molecule has 5 aromatic rings. The van der Waals surface area contributed by atoms with E-state index in [2.05, 4.69) is 4.98 Å². The Morgan fingerprint density at radius 3 is 2.51 bits per heavy atom. The summed E-state index contributed by atoms with van der Waals surface area (Å²) in [6, 6.07) is 22.7. The Morgan fingerprint density at radius 1 is 1.05 bits per heavy atom. The summed E-state index contributed by atoms with van der Waals surface area (Å²) in [6.45, 7) is 4.32. The summed E-state index contributed by atoms with van der Waals surface area (Å²) in [6.07, 6.45) is 1.63. The third-order valence-corrected chi connectivity index (χ3v) is 7.01. The standard InChI is InChI=1S/C31H30N4O4/c1-4-16-34-19(2)28(30(32)37)31(38)35(34)23-7-5-6-22(17-23)20-8-10-21(11-9-20)29(36)26-14-15-33-27-18-24(39-3)12-13-25(26)27/h5-15,17-18,29,36H,4,16H2,1-3H3,(H2,32,37). The quantitative estimate of drug-likeness (QED) is 0.305. The first-order valence-electron chi connectivity index (χ1n) is 12.8. The molecule has 39 heavy (non-hydrogen) atoms. The highest BCUT2D eigenvalue weighted by atomic mass is 16.5. The number of aromatic nitrogens is 3. The fraction of sp³-hybridized carbons (Fsp3) is 0.194. The van der Waals surface area contributed by atoms with Crippen molar-refractivity contribution in [2.75, 3.05) is 7.11 Å². The van der Waals surface area contributed by atoms with Gasteiger partial charge in [-0.15, -0.1) is 0 Å². The Labute approximate surface area is 225 Å². The van der Waals surface area contributed by atoms with Gasteiger partial charge in [-0.05, 0) is 65.9 Å². The molecule has 0 spiro atoms. The van der Waals surface area contributed by atoms with Crippen LogP contribution >= 0.6 is 0 Å². The monoisotopic (exact) mass is 522 g/mol. The number of primary amides is 1. The van der Waals surface area contributed by atoms with Crippen LogP contribution in [0, 0.1) is 6.92 Å². The van der Waals surface area contributed by atoms with Gasteiger partial charge in [-0.2, -0.15) is 0 Å². The first-order chi connectivity index (χ1) is 18.8. The SMILES string of the molecule is CCCn1c(C)c(C(N)=O)c(=O)n1-c1cccc(-c2ccc(C(O)c3ccnc4cc(OC)ccc34)cc2)c1. The zero-order valence-corrected chi connectivity index (χ0v) is 22.1. The third-order valence-electron chi connectivity index (χ3n) is 7.01. The summed E-state index contributed by atoms with van der Waals surface area (Å²) in [5.41, 5.74) is 10.4. The van der Waals surface area contributed by atoms with E-state index in [1.807, 2.05) is 79.7 Å². The number of pyridine rings is 1. The summed E-state index contributed by atoms with van der Waals surface area (Å²) >= 11 is 0. The number of carbonyl (C=O) groups is 1. The highest BCUT2D eigenvalue weighted by Crippen LogP contribution is 2.31. The number of hydrogen-bond donors (Lipinski definition) is 2. The molecule has 198 valence electrons. The Bertz CT molecular complexity index is 1730. The second kappa shape index (κ2) is 10.6. The molecule has 8 heteroatoms. The number of hydrogen-bond acceptors (Lipinski definition) is 5. The van der Waals surface area contributed by atoms with Crippen molar-refractivity contribution in [3.8, 4) is 22.6 Å². The van der Waals surface area contributed by atoms with Gasteiger partial charge < -0.3 is 15.6 Å². The first-order valence-corrected chi connectivity index (χ1v) is 12.8. The van der Waals surface area contributed by atoms with Crippen LogP contribution in [0.2, 0.25) is 0 Å². The molecule has 3 aromatic carbocycles. The molecule has 1 amide bonds. The highest BCUT2D eigenvalue weighted by Gasteiger charge is 2.22. The molecule has 0 aliphatic heterocycles. The number of ether oxygens (including phenoxy) is 1. The van der Waals surface area contributed by atoms with Crippen molar-refractivity contribution in [1.29, 1.82) is 0 Å². The van der Waals surface area contributed by atoms with Gasteiger partial charge in [0.1, 0.15) is 17.4 Å². The molecule has 0 bridgehead atoms. The minimum absolute atomic E-state index is 0.00859. The molecule has 2 heterocycles. The van der Waals surface area contributed by atoms with Crippen molar-refractivity contribution in [1.82, 2.24) is 14.3 Å². The van der Waals surface area contributed by atoms with Crippen LogP contribution in [0.25, 0.3) is 27.7 Å². The van der Waals surface area contributed by atoms with Crippen molar-refractivity contribution in [3.63, 3.8) is 0 Å². The Kier molecular flexibility index (Phi) is 7.04. The van der Waals surface area contributed by atoms with Crippen molar-refractivity contribution in [2.24, 2.45) is 5.73 Å². The number of fused-ring (bicyclic) bond motifs is 1. The number of aliphatic hydroxyl groups excluding tert-OH is 1. The fourth-order valence-electron chi connectivity index (χ4n) is 5.04. The number of nitrogens with two attached hydrogens (primary N) is 1. The van der Waals surface area contributed by atoms with Crippen LogP contribution in [0.15, 0.2) is 83.8 Å². The van der Waals surface area contributed by atoms with Gasteiger partial charge >= 0.3 is 0 Å². The van der Waals surface area contributed by atoms with Gasteiger partial charge in [0.2, 0.25) is 0 Å². The molecule has 2 aromatic heterocycles.